The van der Waals surface area contributed by atoms with Crippen LogP contribution in [-0.2, 0) is 4.74 Å². The van der Waals surface area contributed by atoms with Crippen LogP contribution in [0.15, 0.2) is 0 Å². The molecule has 1 aromatic heterocycles. The predicted molar refractivity (Wildman–Crippen MR) is 86.7 cm³/mol. The Bertz CT molecular complexity index is 534. The van der Waals surface area contributed by atoms with Gasteiger partial charge in [-0.15, -0.1) is 11.3 Å². The van der Waals surface area contributed by atoms with Crippen LogP contribution in [0.25, 0.3) is 0 Å². The predicted octanol–water partition coefficient (Wildman–Crippen LogP) is 3.11. The maximum Gasteiger partial charge on any atom is 0.343 e. The molecule has 0 amide bonds. The van der Waals surface area contributed by atoms with E-state index in [1.165, 1.54) is 18.4 Å². The molecule has 0 saturated heterocycles. The first-order valence-corrected chi connectivity index (χ1v) is 7.79. The minimum atomic E-state index is -0.488. The fraction of sp³-hybridized carbons (Fsp3) is 0.600. The Hall–Kier alpha value is -1.74. The van der Waals surface area contributed by atoms with Crippen LogP contribution in [0.2, 0.25) is 0 Å². The molecule has 0 aliphatic heterocycles. The van der Waals surface area contributed by atoms with Gasteiger partial charge in [-0.2, -0.15) is 5.26 Å². The second-order valence-electron chi connectivity index (χ2n) is 5.82. The number of nitrogen functional groups attached to an aromatic ring is 1. The molecule has 0 aliphatic rings. The molecule has 6 heteroatoms. The van der Waals surface area contributed by atoms with E-state index < -0.39 is 5.97 Å². The van der Waals surface area contributed by atoms with Crippen molar-refractivity contribution in [1.82, 2.24) is 0 Å². The highest BCUT2D eigenvalue weighted by atomic mass is 32.1. The lowest BCUT2D eigenvalue weighted by molar-refractivity contribution is 0.0603. The second kappa shape index (κ2) is 7.32. The normalized spacial score (nSPS) is 10.8. The van der Waals surface area contributed by atoms with E-state index in [-0.39, 0.29) is 5.69 Å². The number of rotatable bonds is 6. The lowest BCUT2D eigenvalue weighted by Crippen LogP contribution is -2.31. The molecule has 1 rings (SSSR count). The number of nitrogens with two attached hydrogens (primary N) is 1. The van der Waals surface area contributed by atoms with E-state index in [4.69, 9.17) is 15.7 Å². The highest BCUT2D eigenvalue weighted by molar-refractivity contribution is 7.17. The Morgan fingerprint density at radius 3 is 2.24 bits per heavy atom. The second-order valence-corrected chi connectivity index (χ2v) is 6.82. The highest BCUT2D eigenvalue weighted by Crippen LogP contribution is 2.39. The molecule has 0 radical (unpaired) electrons. The zero-order chi connectivity index (χ0) is 16.2. The first-order valence-electron chi connectivity index (χ1n) is 6.97. The number of methoxy groups -OCH3 is 1. The fourth-order valence-corrected chi connectivity index (χ4v) is 3.18. The molecule has 1 heterocycles. The Morgan fingerprint density at radius 2 is 1.86 bits per heavy atom. The van der Waals surface area contributed by atoms with E-state index >= 15 is 0 Å². The number of anilines is 2. The van der Waals surface area contributed by atoms with Gasteiger partial charge in [0, 0.05) is 13.1 Å². The molecule has 0 atom stereocenters. The minimum Gasteiger partial charge on any atom is -0.465 e. The molecule has 116 valence electrons. The van der Waals surface area contributed by atoms with Crippen molar-refractivity contribution in [2.45, 2.75) is 27.7 Å². The summed E-state index contributed by atoms with van der Waals surface area (Å²) in [6.45, 7) is 10.1. The first kappa shape index (κ1) is 17.3. The van der Waals surface area contributed by atoms with E-state index in [2.05, 4.69) is 38.7 Å². The lowest BCUT2D eigenvalue weighted by Gasteiger charge is -2.27. The van der Waals surface area contributed by atoms with Gasteiger partial charge >= 0.3 is 5.97 Å². The fourth-order valence-electron chi connectivity index (χ4n) is 2.16. The number of ether oxygens (including phenoxy) is 1. The van der Waals surface area contributed by atoms with Crippen molar-refractivity contribution in [1.29, 1.82) is 5.26 Å². The van der Waals surface area contributed by atoms with Crippen molar-refractivity contribution < 1.29 is 9.53 Å². The van der Waals surface area contributed by atoms with Crippen molar-refractivity contribution in [3.8, 4) is 6.07 Å². The number of carbonyl (C=O) groups is 1. The van der Waals surface area contributed by atoms with Crippen molar-refractivity contribution in [2.24, 2.45) is 11.8 Å². The number of esters is 1. The van der Waals surface area contributed by atoms with Gasteiger partial charge in [0.1, 0.15) is 21.5 Å². The monoisotopic (exact) mass is 309 g/mol. The van der Waals surface area contributed by atoms with Gasteiger partial charge in [-0.1, -0.05) is 27.7 Å². The van der Waals surface area contributed by atoms with E-state index in [9.17, 15) is 4.79 Å². The molecule has 0 bridgehead atoms. The largest absolute Gasteiger partial charge is 0.465 e. The zero-order valence-electron chi connectivity index (χ0n) is 13.3. The van der Waals surface area contributed by atoms with Crippen LogP contribution in [0, 0.1) is 23.2 Å². The Balaban J connectivity index is 3.35. The maximum atomic E-state index is 12.0. The molecule has 1 aromatic rings. The van der Waals surface area contributed by atoms with Gasteiger partial charge in [-0.05, 0) is 11.8 Å². The third-order valence-corrected chi connectivity index (χ3v) is 4.05. The molecular formula is C15H23N3O2S. The number of hydrogen-bond acceptors (Lipinski definition) is 6. The van der Waals surface area contributed by atoms with Gasteiger partial charge in [0.25, 0.3) is 0 Å². The van der Waals surface area contributed by atoms with Gasteiger partial charge in [-0.25, -0.2) is 4.79 Å². The SMILES string of the molecule is COC(=O)c1c(N(CC(C)C)CC(C)C)sc(C#N)c1N. The molecule has 0 aromatic carbocycles. The van der Waals surface area contributed by atoms with Gasteiger partial charge in [0.2, 0.25) is 0 Å². The quantitative estimate of drug-likeness (QED) is 0.817. The first-order chi connectivity index (χ1) is 9.81. The van der Waals surface area contributed by atoms with Crippen LogP contribution in [0.5, 0.6) is 0 Å². The molecule has 2 N–H and O–H groups in total. The Morgan fingerprint density at radius 1 is 1.33 bits per heavy atom. The summed E-state index contributed by atoms with van der Waals surface area (Å²) in [5, 5.41) is 9.90. The number of thiophene rings is 1. The van der Waals surface area contributed by atoms with Crippen molar-refractivity contribution in [3.05, 3.63) is 10.4 Å². The van der Waals surface area contributed by atoms with E-state index in [0.29, 0.717) is 22.3 Å². The summed E-state index contributed by atoms with van der Waals surface area (Å²) >= 11 is 1.26. The van der Waals surface area contributed by atoms with Crippen molar-refractivity contribution in [2.75, 3.05) is 30.8 Å². The summed E-state index contributed by atoms with van der Waals surface area (Å²) < 4.78 is 4.83. The van der Waals surface area contributed by atoms with Crippen LogP contribution in [0.3, 0.4) is 0 Å². The summed E-state index contributed by atoms with van der Waals surface area (Å²) in [5.41, 5.74) is 6.49. The lowest BCUT2D eigenvalue weighted by atomic mass is 10.1. The number of nitriles is 1. The topological polar surface area (TPSA) is 79.3 Å². The maximum absolute atomic E-state index is 12.0. The Kier molecular flexibility index (Phi) is 6.03. The Labute approximate surface area is 130 Å². The molecule has 0 fully saturated rings. The van der Waals surface area contributed by atoms with E-state index in [1.807, 2.05) is 0 Å². The number of hydrogen-bond donors (Lipinski definition) is 1. The van der Waals surface area contributed by atoms with Crippen LogP contribution < -0.4 is 10.6 Å². The third-order valence-electron chi connectivity index (χ3n) is 2.88. The van der Waals surface area contributed by atoms with Crippen LogP contribution in [-0.4, -0.2) is 26.2 Å². The van der Waals surface area contributed by atoms with Crippen molar-refractivity contribution >= 4 is 28.0 Å². The molecule has 0 saturated carbocycles. The average molecular weight is 309 g/mol. The van der Waals surface area contributed by atoms with E-state index in [1.54, 1.807) is 0 Å². The molecule has 21 heavy (non-hydrogen) atoms. The van der Waals surface area contributed by atoms with Crippen LogP contribution in [0.4, 0.5) is 10.7 Å². The average Bonchev–Trinajstić information content (AvgIpc) is 2.73. The summed E-state index contributed by atoms with van der Waals surface area (Å²) in [4.78, 5) is 14.5. The van der Waals surface area contributed by atoms with Crippen LogP contribution in [0.1, 0.15) is 42.9 Å². The van der Waals surface area contributed by atoms with E-state index in [0.717, 1.165) is 18.1 Å². The number of carbonyl (C=O) groups excluding carboxylic acids is 1. The van der Waals surface area contributed by atoms with Gasteiger partial charge < -0.3 is 15.4 Å². The molecular weight excluding hydrogens is 286 g/mol. The zero-order valence-corrected chi connectivity index (χ0v) is 14.1. The molecule has 0 spiro atoms. The molecule has 0 unspecified atom stereocenters. The minimum absolute atomic E-state index is 0.224. The summed E-state index contributed by atoms with van der Waals surface area (Å²) in [7, 11) is 1.32. The smallest absolute Gasteiger partial charge is 0.343 e. The number of nitrogens with zero attached hydrogens (tertiary/aromatic N) is 2. The van der Waals surface area contributed by atoms with Gasteiger partial charge in [0.15, 0.2) is 0 Å². The summed E-state index contributed by atoms with van der Waals surface area (Å²) in [6.07, 6.45) is 0. The highest BCUT2D eigenvalue weighted by Gasteiger charge is 2.27. The van der Waals surface area contributed by atoms with Gasteiger partial charge in [0.05, 0.1) is 12.8 Å². The molecule has 0 aliphatic carbocycles. The van der Waals surface area contributed by atoms with Crippen molar-refractivity contribution in [3.63, 3.8) is 0 Å². The summed E-state index contributed by atoms with van der Waals surface area (Å²) in [5.74, 6) is 0.379. The summed E-state index contributed by atoms with van der Waals surface area (Å²) in [6, 6.07) is 2.06. The van der Waals surface area contributed by atoms with Crippen LogP contribution >= 0.6 is 11.3 Å². The van der Waals surface area contributed by atoms with Gasteiger partial charge in [-0.3, -0.25) is 0 Å². The molecule has 5 nitrogen and oxygen atoms in total. The standard InChI is InChI=1S/C15H23N3O2S/c1-9(2)7-18(8-10(3)4)14-12(15(19)20-5)13(17)11(6-16)21-14/h9-10H,7-8,17H2,1-5H3. The third kappa shape index (κ3) is 4.11.